The van der Waals surface area contributed by atoms with Gasteiger partial charge in [-0.15, -0.1) is 0 Å². The van der Waals surface area contributed by atoms with Gasteiger partial charge in [-0.05, 0) is 31.7 Å². The summed E-state index contributed by atoms with van der Waals surface area (Å²) in [7, 11) is 0. The third-order valence-corrected chi connectivity index (χ3v) is 2.14. The van der Waals surface area contributed by atoms with Gasteiger partial charge in [-0.3, -0.25) is 4.79 Å². The molecule has 3 nitrogen and oxygen atoms in total. The Hall–Kier alpha value is -1.01. The van der Waals surface area contributed by atoms with Gasteiger partial charge in [0, 0.05) is 13.1 Å². The lowest BCUT2D eigenvalue weighted by Gasteiger charge is -2.11. The smallest absolute Gasteiger partial charge is 0.298 e. The van der Waals surface area contributed by atoms with E-state index in [-0.39, 0.29) is 5.91 Å². The minimum Gasteiger partial charge on any atom is -0.332 e. The van der Waals surface area contributed by atoms with E-state index in [1.54, 1.807) is 11.8 Å². The molecule has 1 aliphatic rings. The lowest BCUT2D eigenvalue weighted by Crippen LogP contribution is -2.28. The summed E-state index contributed by atoms with van der Waals surface area (Å²) in [5.74, 6) is 5.55. The quantitative estimate of drug-likeness (QED) is 0.549. The van der Waals surface area contributed by atoms with Gasteiger partial charge in [-0.25, -0.2) is 0 Å². The fourth-order valence-electron chi connectivity index (χ4n) is 1.40. The van der Waals surface area contributed by atoms with Crippen molar-refractivity contribution < 1.29 is 4.79 Å². The first kappa shape index (κ1) is 9.08. The van der Waals surface area contributed by atoms with Crippen LogP contribution in [0, 0.1) is 17.8 Å². The second kappa shape index (κ2) is 4.13. The molecule has 0 bridgehead atoms. The average Bonchev–Trinajstić information content (AvgIpc) is 2.52. The lowest BCUT2D eigenvalue weighted by molar-refractivity contribution is -0.124. The number of carbonyl (C=O) groups is 1. The standard InChI is InChI=1S/C9H14N2O/c1-2-3-9(12)11-5-4-8(6-10)7-11/h8H,4-7,10H2,1H3/t8-/m0/s1. The number of hydrogen-bond acceptors (Lipinski definition) is 2. The molecule has 1 fully saturated rings. The second-order valence-electron chi connectivity index (χ2n) is 3.02. The number of hydrogen-bond donors (Lipinski definition) is 1. The van der Waals surface area contributed by atoms with Gasteiger partial charge in [0.25, 0.3) is 5.91 Å². The van der Waals surface area contributed by atoms with Crippen LogP contribution in [0.1, 0.15) is 13.3 Å². The molecule has 0 spiro atoms. The highest BCUT2D eigenvalue weighted by Crippen LogP contribution is 2.14. The Balaban J connectivity index is 2.44. The molecule has 1 rings (SSSR count). The molecule has 0 unspecified atom stereocenters. The van der Waals surface area contributed by atoms with Crippen molar-refractivity contribution in [2.45, 2.75) is 13.3 Å². The zero-order valence-electron chi connectivity index (χ0n) is 7.34. The molecular formula is C9H14N2O. The summed E-state index contributed by atoms with van der Waals surface area (Å²) in [6.07, 6.45) is 1.02. The molecule has 66 valence electrons. The molecule has 0 saturated carbocycles. The summed E-state index contributed by atoms with van der Waals surface area (Å²) < 4.78 is 0. The van der Waals surface area contributed by atoms with Crippen molar-refractivity contribution in [2.75, 3.05) is 19.6 Å². The molecule has 3 heteroatoms. The Bertz CT molecular complexity index is 226. The predicted molar refractivity (Wildman–Crippen MR) is 47.2 cm³/mol. The van der Waals surface area contributed by atoms with Gasteiger partial charge < -0.3 is 10.6 Å². The van der Waals surface area contributed by atoms with Crippen molar-refractivity contribution in [1.29, 1.82) is 0 Å². The van der Waals surface area contributed by atoms with Crippen LogP contribution in [0.2, 0.25) is 0 Å². The highest BCUT2D eigenvalue weighted by molar-refractivity contribution is 5.93. The molecule has 1 atom stereocenters. The van der Waals surface area contributed by atoms with Crippen molar-refractivity contribution in [2.24, 2.45) is 11.7 Å². The molecule has 0 aromatic carbocycles. The van der Waals surface area contributed by atoms with E-state index in [2.05, 4.69) is 11.8 Å². The average molecular weight is 166 g/mol. The van der Waals surface area contributed by atoms with Gasteiger partial charge >= 0.3 is 0 Å². The van der Waals surface area contributed by atoms with E-state index >= 15 is 0 Å². The van der Waals surface area contributed by atoms with Crippen LogP contribution in [0.25, 0.3) is 0 Å². The minimum atomic E-state index is -0.0616. The number of amides is 1. The third kappa shape index (κ3) is 1.99. The van der Waals surface area contributed by atoms with Crippen molar-refractivity contribution in [1.82, 2.24) is 4.90 Å². The van der Waals surface area contributed by atoms with Gasteiger partial charge in [0.05, 0.1) is 0 Å². The van der Waals surface area contributed by atoms with Crippen LogP contribution in [0.15, 0.2) is 0 Å². The molecule has 1 saturated heterocycles. The lowest BCUT2D eigenvalue weighted by atomic mass is 10.1. The largest absolute Gasteiger partial charge is 0.332 e. The first-order chi connectivity index (χ1) is 5.77. The predicted octanol–water partition coefficient (Wildman–Crippen LogP) is -0.183. The fraction of sp³-hybridized carbons (Fsp3) is 0.667. The number of nitrogens with two attached hydrogens (primary N) is 1. The van der Waals surface area contributed by atoms with E-state index < -0.39 is 0 Å². The zero-order chi connectivity index (χ0) is 8.97. The highest BCUT2D eigenvalue weighted by Gasteiger charge is 2.23. The molecule has 0 aliphatic carbocycles. The van der Waals surface area contributed by atoms with Crippen molar-refractivity contribution in [3.63, 3.8) is 0 Å². The molecule has 1 heterocycles. The van der Waals surface area contributed by atoms with Crippen LogP contribution in [0.5, 0.6) is 0 Å². The SMILES string of the molecule is CC#CC(=O)N1CC[C@@H](CN)C1. The molecular weight excluding hydrogens is 152 g/mol. The van der Waals surface area contributed by atoms with Gasteiger partial charge in [0.1, 0.15) is 0 Å². The molecule has 0 radical (unpaired) electrons. The molecule has 1 aliphatic heterocycles. The number of likely N-dealkylation sites (tertiary alicyclic amines) is 1. The number of nitrogens with zero attached hydrogens (tertiary/aromatic N) is 1. The summed E-state index contributed by atoms with van der Waals surface area (Å²) in [5.41, 5.74) is 5.50. The summed E-state index contributed by atoms with van der Waals surface area (Å²) >= 11 is 0. The Kier molecular flexibility index (Phi) is 3.12. The molecule has 0 aromatic heterocycles. The zero-order valence-corrected chi connectivity index (χ0v) is 7.34. The van der Waals surface area contributed by atoms with Crippen LogP contribution in [0.3, 0.4) is 0 Å². The van der Waals surface area contributed by atoms with E-state index in [4.69, 9.17) is 5.73 Å². The van der Waals surface area contributed by atoms with Crippen LogP contribution in [-0.2, 0) is 4.79 Å². The Morgan fingerprint density at radius 1 is 1.75 bits per heavy atom. The number of rotatable bonds is 1. The Labute approximate surface area is 72.9 Å². The van der Waals surface area contributed by atoms with E-state index in [0.29, 0.717) is 12.5 Å². The molecule has 1 amide bonds. The van der Waals surface area contributed by atoms with Gasteiger partial charge in [0.15, 0.2) is 0 Å². The van der Waals surface area contributed by atoms with Crippen molar-refractivity contribution in [3.05, 3.63) is 0 Å². The maximum atomic E-state index is 11.2. The van der Waals surface area contributed by atoms with Gasteiger partial charge in [-0.1, -0.05) is 5.92 Å². The van der Waals surface area contributed by atoms with Crippen LogP contribution in [0.4, 0.5) is 0 Å². The first-order valence-corrected chi connectivity index (χ1v) is 4.19. The summed E-state index contributed by atoms with van der Waals surface area (Å²) in [6, 6.07) is 0. The Morgan fingerprint density at radius 3 is 3.00 bits per heavy atom. The highest BCUT2D eigenvalue weighted by atomic mass is 16.2. The molecule has 0 aromatic rings. The topological polar surface area (TPSA) is 46.3 Å². The van der Waals surface area contributed by atoms with E-state index in [1.807, 2.05) is 0 Å². The number of carbonyl (C=O) groups excluding carboxylic acids is 1. The Morgan fingerprint density at radius 2 is 2.50 bits per heavy atom. The molecule has 12 heavy (non-hydrogen) atoms. The maximum Gasteiger partial charge on any atom is 0.298 e. The van der Waals surface area contributed by atoms with E-state index in [1.165, 1.54) is 0 Å². The first-order valence-electron chi connectivity index (χ1n) is 4.19. The third-order valence-electron chi connectivity index (χ3n) is 2.14. The van der Waals surface area contributed by atoms with Gasteiger partial charge in [-0.2, -0.15) is 0 Å². The van der Waals surface area contributed by atoms with Crippen LogP contribution in [-0.4, -0.2) is 30.4 Å². The van der Waals surface area contributed by atoms with E-state index in [9.17, 15) is 4.79 Å². The summed E-state index contributed by atoms with van der Waals surface area (Å²) in [4.78, 5) is 13.0. The monoisotopic (exact) mass is 166 g/mol. The molecule has 2 N–H and O–H groups in total. The summed E-state index contributed by atoms with van der Waals surface area (Å²) in [6.45, 7) is 3.94. The van der Waals surface area contributed by atoms with Gasteiger partial charge in [0.2, 0.25) is 0 Å². The van der Waals surface area contributed by atoms with E-state index in [0.717, 1.165) is 19.5 Å². The van der Waals surface area contributed by atoms with Crippen LogP contribution >= 0.6 is 0 Å². The minimum absolute atomic E-state index is 0.0616. The summed E-state index contributed by atoms with van der Waals surface area (Å²) in [5, 5.41) is 0. The van der Waals surface area contributed by atoms with Crippen LogP contribution < -0.4 is 5.73 Å². The maximum absolute atomic E-state index is 11.2. The second-order valence-corrected chi connectivity index (χ2v) is 3.02. The van der Waals surface area contributed by atoms with Crippen molar-refractivity contribution >= 4 is 5.91 Å². The van der Waals surface area contributed by atoms with Crippen molar-refractivity contribution in [3.8, 4) is 11.8 Å². The fourth-order valence-corrected chi connectivity index (χ4v) is 1.40. The normalized spacial score (nSPS) is 21.8.